The number of nitrogens with two attached hydrogens (primary N) is 1. The number of rotatable bonds is 1. The average molecular weight is 299 g/mol. The zero-order valence-corrected chi connectivity index (χ0v) is 8.53. The van der Waals surface area contributed by atoms with Crippen molar-refractivity contribution >= 4 is 45.7 Å². The highest BCUT2D eigenvalue weighted by molar-refractivity contribution is 14.1. The van der Waals surface area contributed by atoms with Crippen molar-refractivity contribution in [2.45, 2.75) is 0 Å². The molecule has 0 radical (unpaired) electrons. The number of hydrogen-bond acceptors (Lipinski definition) is 4. The third-order valence-corrected chi connectivity index (χ3v) is 1.97. The van der Waals surface area contributed by atoms with Crippen molar-refractivity contribution in [2.24, 2.45) is 0 Å². The number of nitrogen functional groups attached to an aromatic ring is 1. The third kappa shape index (κ3) is 1.75. The molecule has 0 aliphatic heterocycles. The fourth-order valence-electron chi connectivity index (χ4n) is 0.676. The minimum Gasteiger partial charge on any atom is -0.378 e. The Balaban J connectivity index is 3.38. The van der Waals surface area contributed by atoms with Gasteiger partial charge in [0.25, 0.3) is 0 Å². The molecule has 0 aliphatic carbocycles. The van der Waals surface area contributed by atoms with Gasteiger partial charge in [-0.15, -0.1) is 0 Å². The lowest BCUT2D eigenvalue weighted by Crippen LogP contribution is -2.00. The second-order valence-electron chi connectivity index (χ2n) is 1.92. The molecule has 0 saturated carbocycles. The first-order chi connectivity index (χ1) is 5.52. The summed E-state index contributed by atoms with van der Waals surface area (Å²) in [6.07, 6.45) is 0. The summed E-state index contributed by atoms with van der Waals surface area (Å²) >= 11 is 7.44. The number of anilines is 1. The summed E-state index contributed by atoms with van der Waals surface area (Å²) in [7, 11) is 0. The smallest absolute Gasteiger partial charge is 0.329 e. The van der Waals surface area contributed by atoms with Gasteiger partial charge < -0.3 is 5.73 Å². The number of nitro groups is 1. The topological polar surface area (TPSA) is 82.0 Å². The molecule has 5 nitrogen and oxygen atoms in total. The summed E-state index contributed by atoms with van der Waals surface area (Å²) in [5.41, 5.74) is 4.95. The van der Waals surface area contributed by atoms with Crippen LogP contribution >= 0.6 is 34.2 Å². The largest absolute Gasteiger partial charge is 0.378 e. The van der Waals surface area contributed by atoms with Gasteiger partial charge in [-0.25, -0.2) is 4.98 Å². The Labute approximate surface area is 86.2 Å². The molecule has 0 bridgehead atoms. The maximum atomic E-state index is 10.4. The van der Waals surface area contributed by atoms with E-state index in [1.54, 1.807) is 0 Å². The molecule has 0 spiro atoms. The van der Waals surface area contributed by atoms with Gasteiger partial charge in [0.05, 0.1) is 4.92 Å². The molecule has 0 atom stereocenters. The van der Waals surface area contributed by atoms with Crippen molar-refractivity contribution in [3.8, 4) is 0 Å². The molecule has 1 rings (SSSR count). The van der Waals surface area contributed by atoms with Crippen LogP contribution in [0.3, 0.4) is 0 Å². The molecule has 2 N–H and O–H groups in total. The predicted molar refractivity (Wildman–Crippen MR) is 53.0 cm³/mol. The molecule has 0 aromatic carbocycles. The number of pyridine rings is 1. The Morgan fingerprint density at radius 2 is 2.33 bits per heavy atom. The zero-order chi connectivity index (χ0) is 9.30. The van der Waals surface area contributed by atoms with Gasteiger partial charge >= 0.3 is 5.69 Å². The van der Waals surface area contributed by atoms with Crippen LogP contribution in [0.4, 0.5) is 11.5 Å². The van der Waals surface area contributed by atoms with Gasteiger partial charge in [0.2, 0.25) is 5.82 Å². The summed E-state index contributed by atoms with van der Waals surface area (Å²) in [6, 6.07) is 1.39. The fraction of sp³-hybridized carbons (Fsp3) is 0. The van der Waals surface area contributed by atoms with E-state index in [0.717, 1.165) is 0 Å². The van der Waals surface area contributed by atoms with Gasteiger partial charge in [-0.3, -0.25) is 10.1 Å². The van der Waals surface area contributed by atoms with Crippen LogP contribution < -0.4 is 5.73 Å². The summed E-state index contributed by atoms with van der Waals surface area (Å²) in [5.74, 6) is -0.156. The Morgan fingerprint density at radius 3 is 2.75 bits per heavy atom. The van der Waals surface area contributed by atoms with Crippen LogP contribution in [0.2, 0.25) is 5.02 Å². The van der Waals surface area contributed by atoms with Crippen molar-refractivity contribution in [2.75, 3.05) is 5.73 Å². The fourth-order valence-corrected chi connectivity index (χ4v) is 1.70. The lowest BCUT2D eigenvalue weighted by atomic mass is 10.4. The Bertz CT molecular complexity index is 320. The van der Waals surface area contributed by atoms with E-state index in [9.17, 15) is 10.1 Å². The van der Waals surface area contributed by atoms with Gasteiger partial charge in [0.1, 0.15) is 8.72 Å². The van der Waals surface area contributed by atoms with E-state index in [4.69, 9.17) is 17.3 Å². The Kier molecular flexibility index (Phi) is 2.68. The van der Waals surface area contributed by atoms with Crippen LogP contribution in [0.5, 0.6) is 0 Å². The maximum absolute atomic E-state index is 10.4. The molecule has 0 fully saturated rings. The summed E-state index contributed by atoms with van der Waals surface area (Å²) < 4.78 is 0.528. The SMILES string of the molecule is Nc1nc(I)cc(Cl)c1[N+](=O)[O-]. The molecular formula is C5H3ClIN3O2. The van der Waals surface area contributed by atoms with Gasteiger partial charge in [-0.05, 0) is 28.7 Å². The van der Waals surface area contributed by atoms with Crippen LogP contribution in [-0.2, 0) is 0 Å². The first-order valence-corrected chi connectivity index (χ1v) is 4.24. The van der Waals surface area contributed by atoms with Crippen LogP contribution in [0.15, 0.2) is 6.07 Å². The molecule has 64 valence electrons. The second kappa shape index (κ2) is 3.40. The standard InChI is InChI=1S/C5H3ClIN3O2/c6-2-1-3(7)9-5(8)4(2)10(11)12/h1H,(H2,8,9). The molecule has 7 heteroatoms. The van der Waals surface area contributed by atoms with Crippen LogP contribution in [0.1, 0.15) is 0 Å². The van der Waals surface area contributed by atoms with Crippen molar-refractivity contribution < 1.29 is 4.92 Å². The van der Waals surface area contributed by atoms with Gasteiger partial charge in [0, 0.05) is 0 Å². The normalized spacial score (nSPS) is 9.83. The number of aromatic nitrogens is 1. The van der Waals surface area contributed by atoms with Crippen LogP contribution in [-0.4, -0.2) is 9.91 Å². The first-order valence-electron chi connectivity index (χ1n) is 2.78. The molecule has 0 unspecified atom stereocenters. The van der Waals surface area contributed by atoms with E-state index in [1.807, 2.05) is 22.6 Å². The van der Waals surface area contributed by atoms with E-state index in [2.05, 4.69) is 4.98 Å². The molecule has 0 aliphatic rings. The van der Waals surface area contributed by atoms with E-state index >= 15 is 0 Å². The van der Waals surface area contributed by atoms with E-state index < -0.39 is 4.92 Å². The lowest BCUT2D eigenvalue weighted by Gasteiger charge is -1.98. The molecular weight excluding hydrogens is 296 g/mol. The van der Waals surface area contributed by atoms with E-state index in [0.29, 0.717) is 3.70 Å². The third-order valence-electron chi connectivity index (χ3n) is 1.12. The average Bonchev–Trinajstić information content (AvgIpc) is 1.82. The Hall–Kier alpha value is -0.630. The molecule has 0 amide bonds. The molecule has 0 saturated heterocycles. The Morgan fingerprint density at radius 1 is 1.75 bits per heavy atom. The van der Waals surface area contributed by atoms with Crippen molar-refractivity contribution in [1.82, 2.24) is 4.98 Å². The molecule has 1 aromatic rings. The minimum atomic E-state index is -0.652. The van der Waals surface area contributed by atoms with Crippen LogP contribution in [0.25, 0.3) is 0 Å². The predicted octanol–water partition coefficient (Wildman–Crippen LogP) is 1.83. The number of nitrogens with zero attached hydrogens (tertiary/aromatic N) is 2. The van der Waals surface area contributed by atoms with Crippen LogP contribution in [0, 0.1) is 13.8 Å². The molecule has 12 heavy (non-hydrogen) atoms. The van der Waals surface area contributed by atoms with Crippen molar-refractivity contribution in [1.29, 1.82) is 0 Å². The summed E-state index contributed by atoms with van der Waals surface area (Å²) in [4.78, 5) is 13.4. The highest BCUT2D eigenvalue weighted by Gasteiger charge is 2.18. The quantitative estimate of drug-likeness (QED) is 0.371. The number of halogens is 2. The maximum Gasteiger partial charge on any atom is 0.329 e. The monoisotopic (exact) mass is 299 g/mol. The van der Waals surface area contributed by atoms with E-state index in [-0.39, 0.29) is 16.5 Å². The zero-order valence-electron chi connectivity index (χ0n) is 5.62. The number of hydrogen-bond donors (Lipinski definition) is 1. The lowest BCUT2D eigenvalue weighted by molar-refractivity contribution is -0.384. The second-order valence-corrected chi connectivity index (χ2v) is 3.43. The first kappa shape index (κ1) is 9.46. The summed E-state index contributed by atoms with van der Waals surface area (Å²) in [6.45, 7) is 0. The summed E-state index contributed by atoms with van der Waals surface area (Å²) in [5, 5.41) is 10.4. The minimum absolute atomic E-state index is 0.0110. The van der Waals surface area contributed by atoms with Gasteiger partial charge in [-0.2, -0.15) is 0 Å². The highest BCUT2D eigenvalue weighted by atomic mass is 127. The van der Waals surface area contributed by atoms with Gasteiger partial charge in [-0.1, -0.05) is 11.6 Å². The van der Waals surface area contributed by atoms with Crippen molar-refractivity contribution in [3.63, 3.8) is 0 Å². The highest BCUT2D eigenvalue weighted by Crippen LogP contribution is 2.29. The van der Waals surface area contributed by atoms with Crippen molar-refractivity contribution in [3.05, 3.63) is 24.9 Å². The molecule has 1 aromatic heterocycles. The van der Waals surface area contributed by atoms with E-state index in [1.165, 1.54) is 6.07 Å². The molecule has 1 heterocycles. The van der Waals surface area contributed by atoms with Gasteiger partial charge in [0.15, 0.2) is 0 Å².